The van der Waals surface area contributed by atoms with E-state index in [-0.39, 0.29) is 6.71 Å². The van der Waals surface area contributed by atoms with Gasteiger partial charge in [0.1, 0.15) is 0 Å². The van der Waals surface area contributed by atoms with Crippen molar-refractivity contribution in [1.82, 2.24) is 4.98 Å². The minimum atomic E-state index is 0.204. The molecular weight excluding hydrogens is 391 g/mol. The normalized spacial score (nSPS) is 13.1. The summed E-state index contributed by atoms with van der Waals surface area (Å²) >= 11 is 0. The molecule has 3 N–H and O–H groups in total. The molecule has 2 aliphatic rings. The van der Waals surface area contributed by atoms with Crippen LogP contribution in [0.15, 0.2) is 78.9 Å². The molecule has 0 atom stereocenters. The van der Waals surface area contributed by atoms with Crippen molar-refractivity contribution < 1.29 is 4.57 Å². The van der Waals surface area contributed by atoms with Crippen molar-refractivity contribution in [2.45, 2.75) is 6.92 Å². The second kappa shape index (κ2) is 6.27. The summed E-state index contributed by atoms with van der Waals surface area (Å²) in [6, 6.07) is 28.3. The molecule has 5 heteroatoms. The van der Waals surface area contributed by atoms with Crippen molar-refractivity contribution in [3.63, 3.8) is 0 Å². The average molecular weight is 413 g/mol. The van der Waals surface area contributed by atoms with Crippen molar-refractivity contribution >= 4 is 56.9 Å². The van der Waals surface area contributed by atoms with Crippen molar-refractivity contribution in [2.24, 2.45) is 7.05 Å². The number of nitrogens with zero attached hydrogens (tertiary/aromatic N) is 1. The van der Waals surface area contributed by atoms with Gasteiger partial charge in [0.2, 0.25) is 0 Å². The predicted molar refractivity (Wildman–Crippen MR) is 134 cm³/mol. The van der Waals surface area contributed by atoms with Crippen LogP contribution in [0.25, 0.3) is 22.4 Å². The number of aryl methyl sites for hydroxylation is 2. The maximum absolute atomic E-state index is 3.72. The summed E-state index contributed by atoms with van der Waals surface area (Å²) in [7, 11) is 2.14. The number of fused-ring (bicyclic) bond motifs is 5. The summed E-state index contributed by atoms with van der Waals surface area (Å²) in [6.45, 7) is 2.37. The quantitative estimate of drug-likeness (QED) is 0.285. The first kappa shape index (κ1) is 17.7. The minimum absolute atomic E-state index is 0.204. The molecule has 1 aromatic heterocycles. The fourth-order valence-corrected chi connectivity index (χ4v) is 5.47. The van der Waals surface area contributed by atoms with Gasteiger partial charge in [0.25, 0.3) is 12.5 Å². The average Bonchev–Trinajstić information content (AvgIpc) is 3.13. The molecule has 0 saturated heterocycles. The number of H-pyrrole nitrogens is 1. The molecular formula is C27H22BN4+. The fraction of sp³-hybridized carbons (Fsp3) is 0.0741. The van der Waals surface area contributed by atoms with Gasteiger partial charge >= 0.3 is 0 Å². The second-order valence-electron chi connectivity index (χ2n) is 8.84. The molecule has 0 radical (unpaired) electrons. The van der Waals surface area contributed by atoms with Crippen LogP contribution in [0.1, 0.15) is 5.56 Å². The summed E-state index contributed by atoms with van der Waals surface area (Å²) in [6.07, 6.45) is 0. The van der Waals surface area contributed by atoms with E-state index in [0.29, 0.717) is 0 Å². The van der Waals surface area contributed by atoms with E-state index < -0.39 is 0 Å². The van der Waals surface area contributed by atoms with Crippen LogP contribution in [0, 0.1) is 6.92 Å². The molecule has 4 aromatic carbocycles. The first-order chi connectivity index (χ1) is 15.7. The Hall–Kier alpha value is -3.99. The molecule has 3 heterocycles. The summed E-state index contributed by atoms with van der Waals surface area (Å²) < 4.78 is 2.27. The lowest BCUT2D eigenvalue weighted by Crippen LogP contribution is -2.59. The lowest BCUT2D eigenvalue weighted by Gasteiger charge is -2.34. The molecule has 0 spiro atoms. The molecule has 0 aliphatic carbocycles. The number of para-hydroxylation sites is 1. The number of hydrogen-bond acceptors (Lipinski definition) is 2. The van der Waals surface area contributed by atoms with Crippen LogP contribution in [0.2, 0.25) is 0 Å². The van der Waals surface area contributed by atoms with Gasteiger partial charge in [-0.25, -0.2) is 9.55 Å². The van der Waals surface area contributed by atoms with Crippen LogP contribution in [-0.4, -0.2) is 11.7 Å². The van der Waals surface area contributed by atoms with Gasteiger partial charge in [0.15, 0.2) is 11.0 Å². The Kier molecular flexibility index (Phi) is 3.46. The number of nitrogens with one attached hydrogen (secondary N) is 3. The van der Waals surface area contributed by atoms with Crippen molar-refractivity contribution in [3.05, 3.63) is 84.4 Å². The Morgan fingerprint density at radius 2 is 1.44 bits per heavy atom. The highest BCUT2D eigenvalue weighted by atomic mass is 15.1. The Morgan fingerprint density at radius 1 is 0.719 bits per heavy atom. The Morgan fingerprint density at radius 3 is 2.28 bits per heavy atom. The molecule has 0 saturated carbocycles. The van der Waals surface area contributed by atoms with Gasteiger partial charge in [-0.3, -0.25) is 0 Å². The lowest BCUT2D eigenvalue weighted by molar-refractivity contribution is -0.633. The summed E-state index contributed by atoms with van der Waals surface area (Å²) in [5, 5.41) is 7.36. The zero-order valence-electron chi connectivity index (χ0n) is 18.0. The summed E-state index contributed by atoms with van der Waals surface area (Å²) in [5.41, 5.74) is 13.5. The van der Waals surface area contributed by atoms with Gasteiger partial charge in [0, 0.05) is 28.8 Å². The van der Waals surface area contributed by atoms with Crippen LogP contribution >= 0.6 is 0 Å². The molecule has 32 heavy (non-hydrogen) atoms. The number of hydrogen-bond donors (Lipinski definition) is 3. The lowest BCUT2D eigenvalue weighted by atomic mass is 9.34. The summed E-state index contributed by atoms with van der Waals surface area (Å²) in [5.74, 6) is 1.13. The molecule has 0 fully saturated rings. The third kappa shape index (κ3) is 2.31. The number of rotatable bonds is 1. The standard InChI is InChI=1S/C27H21BN4/c1-16-8-3-4-9-17(16)27-31-24-14-19-23(15-25(24)32(27)2)30-22-13-7-12-21-26(22)28(19)18-10-5-6-11-20(18)29-21/h3-15,29-30H,1-2H3/p+1. The number of anilines is 4. The highest BCUT2D eigenvalue weighted by molar-refractivity contribution is 7.00. The van der Waals surface area contributed by atoms with Gasteiger partial charge < -0.3 is 10.6 Å². The van der Waals surface area contributed by atoms with E-state index in [1.807, 2.05) is 0 Å². The minimum Gasteiger partial charge on any atom is -0.356 e. The van der Waals surface area contributed by atoms with E-state index in [1.165, 1.54) is 55.8 Å². The van der Waals surface area contributed by atoms with E-state index in [2.05, 4.69) is 113 Å². The first-order valence-electron chi connectivity index (χ1n) is 11.1. The zero-order valence-corrected chi connectivity index (χ0v) is 18.0. The van der Waals surface area contributed by atoms with Gasteiger partial charge in [0.05, 0.1) is 12.6 Å². The topological polar surface area (TPSA) is 43.7 Å². The van der Waals surface area contributed by atoms with Crippen LogP contribution in [-0.2, 0) is 7.05 Å². The smallest absolute Gasteiger partial charge is 0.287 e. The number of benzene rings is 4. The predicted octanol–water partition coefficient (Wildman–Crippen LogP) is 3.60. The largest absolute Gasteiger partial charge is 0.356 e. The van der Waals surface area contributed by atoms with E-state index in [0.717, 1.165) is 11.3 Å². The maximum atomic E-state index is 3.72. The molecule has 0 amide bonds. The third-order valence-corrected chi connectivity index (χ3v) is 7.03. The fourth-order valence-electron chi connectivity index (χ4n) is 5.47. The summed E-state index contributed by atoms with van der Waals surface area (Å²) in [4.78, 5) is 3.72. The van der Waals surface area contributed by atoms with E-state index in [4.69, 9.17) is 0 Å². The van der Waals surface area contributed by atoms with Gasteiger partial charge in [-0.1, -0.05) is 42.5 Å². The van der Waals surface area contributed by atoms with Crippen molar-refractivity contribution in [3.8, 4) is 11.4 Å². The van der Waals surface area contributed by atoms with Crippen molar-refractivity contribution in [1.29, 1.82) is 0 Å². The number of aromatic nitrogens is 2. The van der Waals surface area contributed by atoms with Crippen LogP contribution in [0.5, 0.6) is 0 Å². The highest BCUT2D eigenvalue weighted by Gasteiger charge is 2.38. The maximum Gasteiger partial charge on any atom is 0.287 e. The van der Waals surface area contributed by atoms with E-state index >= 15 is 0 Å². The van der Waals surface area contributed by atoms with Gasteiger partial charge in [-0.15, -0.1) is 0 Å². The number of imidazole rings is 1. The Bertz CT molecular complexity index is 1570. The first-order valence-corrected chi connectivity index (χ1v) is 11.1. The molecule has 2 aliphatic heterocycles. The third-order valence-electron chi connectivity index (χ3n) is 7.03. The van der Waals surface area contributed by atoms with Gasteiger partial charge in [-0.05, 0) is 59.2 Å². The molecule has 152 valence electrons. The monoisotopic (exact) mass is 413 g/mol. The van der Waals surface area contributed by atoms with E-state index in [1.54, 1.807) is 0 Å². The highest BCUT2D eigenvalue weighted by Crippen LogP contribution is 2.31. The van der Waals surface area contributed by atoms with Crippen LogP contribution in [0.3, 0.4) is 0 Å². The Balaban J connectivity index is 1.50. The Labute approximate surface area is 187 Å². The van der Waals surface area contributed by atoms with Gasteiger partial charge in [-0.2, -0.15) is 0 Å². The van der Waals surface area contributed by atoms with Crippen molar-refractivity contribution in [2.75, 3.05) is 10.6 Å². The molecule has 4 nitrogen and oxygen atoms in total. The van der Waals surface area contributed by atoms with Crippen LogP contribution in [0.4, 0.5) is 22.7 Å². The molecule has 0 bridgehead atoms. The molecule has 7 rings (SSSR count). The molecule has 5 aromatic rings. The molecule has 0 unspecified atom stereocenters. The zero-order chi connectivity index (χ0) is 21.4. The van der Waals surface area contributed by atoms with Crippen LogP contribution < -0.4 is 31.6 Å². The number of aromatic amines is 1. The van der Waals surface area contributed by atoms with E-state index in [9.17, 15) is 0 Å². The second-order valence-corrected chi connectivity index (χ2v) is 8.84. The SMILES string of the molecule is Cc1ccccc1-c1[nH]c2cc3c(cc2[n+]1C)Nc1cccc2c1B3c1ccccc1N2.